The molecule has 0 radical (unpaired) electrons. The Kier molecular flexibility index (Phi) is 5.52. The maximum Gasteiger partial charge on any atom is 0.534 e. The van der Waals surface area contributed by atoms with Gasteiger partial charge in [-0.25, -0.2) is 0 Å². The molecule has 0 bridgehead atoms. The van der Waals surface area contributed by atoms with Crippen molar-refractivity contribution in [2.75, 3.05) is 0 Å². The lowest BCUT2D eigenvalue weighted by molar-refractivity contribution is -0.116. The summed E-state index contributed by atoms with van der Waals surface area (Å²) in [6.07, 6.45) is 0.124. The molecule has 2 aromatic carbocycles. The Morgan fingerprint density at radius 2 is 1.68 bits per heavy atom. The van der Waals surface area contributed by atoms with Gasteiger partial charge in [0.05, 0.1) is 0 Å². The van der Waals surface area contributed by atoms with E-state index in [-0.39, 0.29) is 24.2 Å². The van der Waals surface area contributed by atoms with Gasteiger partial charge < -0.3 is 8.98 Å². The van der Waals surface area contributed by atoms with Crippen molar-refractivity contribution in [1.29, 1.82) is 0 Å². The van der Waals surface area contributed by atoms with E-state index < -0.39 is 21.4 Å². The monoisotopic (exact) mass is 372 g/mol. The van der Waals surface area contributed by atoms with Crippen molar-refractivity contribution in [3.63, 3.8) is 0 Å². The summed E-state index contributed by atoms with van der Waals surface area (Å²) in [5.74, 6) is -0.604. The van der Waals surface area contributed by atoms with Gasteiger partial charge >= 0.3 is 15.6 Å². The molecule has 0 unspecified atom stereocenters. The van der Waals surface area contributed by atoms with Gasteiger partial charge in [0, 0.05) is 6.42 Å². The number of benzene rings is 2. The van der Waals surface area contributed by atoms with Gasteiger partial charge in [-0.3, -0.25) is 0 Å². The highest BCUT2D eigenvalue weighted by Gasteiger charge is 2.48. The van der Waals surface area contributed by atoms with Gasteiger partial charge in [0.1, 0.15) is 11.5 Å². The SMILES string of the molecule is CC(=O)CCc1cc(-c2ccccc2)ccc1OS(=O)(=O)C(F)(F)F. The number of halogens is 3. The Hall–Kier alpha value is -2.35. The minimum atomic E-state index is -5.77. The molecule has 0 saturated heterocycles. The van der Waals surface area contributed by atoms with Crippen LogP contribution < -0.4 is 4.18 Å². The molecular formula is C17H15F3O4S. The first kappa shape index (κ1) is 19.0. The molecule has 0 amide bonds. The topological polar surface area (TPSA) is 60.4 Å². The van der Waals surface area contributed by atoms with Gasteiger partial charge in [-0.1, -0.05) is 36.4 Å². The summed E-state index contributed by atoms with van der Waals surface area (Å²) >= 11 is 0. The average molecular weight is 372 g/mol. The van der Waals surface area contributed by atoms with E-state index in [2.05, 4.69) is 4.18 Å². The fourth-order valence-electron chi connectivity index (χ4n) is 2.14. The van der Waals surface area contributed by atoms with Crippen LogP contribution in [-0.4, -0.2) is 19.7 Å². The van der Waals surface area contributed by atoms with Gasteiger partial charge in [-0.15, -0.1) is 0 Å². The smallest absolute Gasteiger partial charge is 0.376 e. The van der Waals surface area contributed by atoms with Crippen LogP contribution in [0.1, 0.15) is 18.9 Å². The number of carbonyl (C=O) groups is 1. The lowest BCUT2D eigenvalue weighted by Crippen LogP contribution is -2.28. The van der Waals surface area contributed by atoms with Gasteiger partial charge in [0.25, 0.3) is 0 Å². The van der Waals surface area contributed by atoms with Gasteiger partial charge in [0.2, 0.25) is 0 Å². The van der Waals surface area contributed by atoms with E-state index >= 15 is 0 Å². The Balaban J connectivity index is 2.43. The van der Waals surface area contributed by atoms with Crippen molar-refractivity contribution >= 4 is 15.9 Å². The Morgan fingerprint density at radius 3 is 2.24 bits per heavy atom. The summed E-state index contributed by atoms with van der Waals surface area (Å²) in [6, 6.07) is 13.2. The van der Waals surface area contributed by atoms with Crippen LogP contribution in [-0.2, 0) is 21.3 Å². The van der Waals surface area contributed by atoms with Crippen molar-refractivity contribution in [2.24, 2.45) is 0 Å². The van der Waals surface area contributed by atoms with E-state index in [0.717, 1.165) is 5.56 Å². The molecule has 2 aromatic rings. The van der Waals surface area contributed by atoms with Gasteiger partial charge in [-0.05, 0) is 42.2 Å². The molecule has 2 rings (SSSR count). The molecule has 0 fully saturated rings. The van der Waals surface area contributed by atoms with E-state index in [0.29, 0.717) is 5.56 Å². The van der Waals surface area contributed by atoms with E-state index in [1.54, 1.807) is 24.3 Å². The summed E-state index contributed by atoms with van der Waals surface area (Å²) < 4.78 is 64.4. The quantitative estimate of drug-likeness (QED) is 0.566. The zero-order chi connectivity index (χ0) is 18.7. The van der Waals surface area contributed by atoms with Crippen molar-refractivity contribution in [1.82, 2.24) is 0 Å². The third-order valence-electron chi connectivity index (χ3n) is 3.40. The Labute approximate surface area is 143 Å². The van der Waals surface area contributed by atoms with E-state index in [1.165, 1.54) is 25.1 Å². The second-order valence-corrected chi connectivity index (χ2v) is 6.91. The molecule has 0 spiro atoms. The molecule has 0 atom stereocenters. The number of aryl methyl sites for hydroxylation is 1. The first-order chi connectivity index (χ1) is 11.6. The molecule has 0 aliphatic carbocycles. The maximum atomic E-state index is 12.5. The highest BCUT2D eigenvalue weighted by molar-refractivity contribution is 7.88. The summed E-state index contributed by atoms with van der Waals surface area (Å²) in [6.45, 7) is 1.34. The van der Waals surface area contributed by atoms with Crippen LogP contribution in [0.3, 0.4) is 0 Å². The lowest BCUT2D eigenvalue weighted by atomic mass is 9.99. The van der Waals surface area contributed by atoms with Crippen LogP contribution in [0, 0.1) is 0 Å². The molecular weight excluding hydrogens is 357 g/mol. The standard InChI is InChI=1S/C17H15F3O4S/c1-12(21)7-8-15-11-14(13-5-3-2-4-6-13)9-10-16(15)24-25(22,23)17(18,19)20/h2-6,9-11H,7-8H2,1H3. The van der Waals surface area contributed by atoms with Crippen LogP contribution in [0.4, 0.5) is 13.2 Å². The van der Waals surface area contributed by atoms with Crippen molar-refractivity contribution in [3.8, 4) is 16.9 Å². The highest BCUT2D eigenvalue weighted by atomic mass is 32.2. The third-order valence-corrected chi connectivity index (χ3v) is 4.36. The van der Waals surface area contributed by atoms with Crippen LogP contribution in [0.15, 0.2) is 48.5 Å². The first-order valence-corrected chi connectivity index (χ1v) is 8.69. The Morgan fingerprint density at radius 1 is 1.04 bits per heavy atom. The number of ketones is 1. The zero-order valence-electron chi connectivity index (χ0n) is 13.2. The minimum absolute atomic E-state index is 0.0562. The van der Waals surface area contributed by atoms with E-state index in [1.807, 2.05) is 6.07 Å². The second kappa shape index (κ2) is 7.26. The predicted octanol–water partition coefficient (Wildman–Crippen LogP) is 4.10. The minimum Gasteiger partial charge on any atom is -0.376 e. The molecule has 4 nitrogen and oxygen atoms in total. The zero-order valence-corrected chi connectivity index (χ0v) is 14.0. The second-order valence-electron chi connectivity index (χ2n) is 5.37. The fraction of sp³-hybridized carbons (Fsp3) is 0.235. The molecule has 25 heavy (non-hydrogen) atoms. The largest absolute Gasteiger partial charge is 0.534 e. The van der Waals surface area contributed by atoms with E-state index in [9.17, 15) is 26.4 Å². The van der Waals surface area contributed by atoms with Crippen molar-refractivity contribution < 1.29 is 30.6 Å². The van der Waals surface area contributed by atoms with Crippen LogP contribution in [0.5, 0.6) is 5.75 Å². The summed E-state index contributed by atoms with van der Waals surface area (Å²) in [5.41, 5.74) is -3.83. The van der Waals surface area contributed by atoms with Gasteiger partial charge in [0.15, 0.2) is 0 Å². The molecule has 0 saturated carbocycles. The average Bonchev–Trinajstić information content (AvgIpc) is 2.53. The Bertz CT molecular complexity index is 859. The number of hydrogen-bond donors (Lipinski definition) is 0. The summed E-state index contributed by atoms with van der Waals surface area (Å²) in [5, 5.41) is 0. The number of alkyl halides is 3. The lowest BCUT2D eigenvalue weighted by Gasteiger charge is -2.14. The molecule has 8 heteroatoms. The summed E-state index contributed by atoms with van der Waals surface area (Å²) in [7, 11) is -5.77. The molecule has 0 N–H and O–H groups in total. The maximum absolute atomic E-state index is 12.5. The normalized spacial score (nSPS) is 12.0. The van der Waals surface area contributed by atoms with Gasteiger partial charge in [-0.2, -0.15) is 21.6 Å². The number of hydrogen-bond acceptors (Lipinski definition) is 4. The molecule has 0 aliphatic heterocycles. The molecule has 0 heterocycles. The molecule has 0 aliphatic rings. The van der Waals surface area contributed by atoms with Crippen LogP contribution in [0.25, 0.3) is 11.1 Å². The van der Waals surface area contributed by atoms with Crippen LogP contribution >= 0.6 is 0 Å². The van der Waals surface area contributed by atoms with Crippen LogP contribution in [0.2, 0.25) is 0 Å². The molecule has 134 valence electrons. The highest BCUT2D eigenvalue weighted by Crippen LogP contribution is 2.32. The summed E-state index contributed by atoms with van der Waals surface area (Å²) in [4.78, 5) is 11.2. The predicted molar refractivity (Wildman–Crippen MR) is 86.5 cm³/mol. The van der Waals surface area contributed by atoms with E-state index in [4.69, 9.17) is 0 Å². The number of carbonyl (C=O) groups excluding carboxylic acids is 1. The fourth-order valence-corrected chi connectivity index (χ4v) is 2.64. The third kappa shape index (κ3) is 4.82. The first-order valence-electron chi connectivity index (χ1n) is 7.29. The number of Topliss-reactive ketones (excluding diaryl/α,β-unsaturated/α-hetero) is 1. The molecule has 0 aromatic heterocycles. The van der Waals surface area contributed by atoms with Crippen molar-refractivity contribution in [2.45, 2.75) is 25.3 Å². The number of rotatable bonds is 6. The van der Waals surface area contributed by atoms with Crippen molar-refractivity contribution in [3.05, 3.63) is 54.1 Å².